The Hall–Kier alpha value is -5.12. The monoisotopic (exact) mass is 525 g/mol. The van der Waals surface area contributed by atoms with Crippen LogP contribution in [0.3, 0.4) is 0 Å². The van der Waals surface area contributed by atoms with Crippen molar-refractivity contribution in [2.45, 2.75) is 13.8 Å². The zero-order valence-electron chi connectivity index (χ0n) is 22.4. The molecular formula is C30H31N5O4. The molecule has 0 atom stereocenters. The van der Waals surface area contributed by atoms with Gasteiger partial charge in [-0.15, -0.1) is 6.42 Å². The number of ether oxygens (including phenoxy) is 1. The van der Waals surface area contributed by atoms with Crippen molar-refractivity contribution in [1.29, 1.82) is 5.26 Å². The normalized spacial score (nSPS) is 10.5. The fourth-order valence-electron chi connectivity index (χ4n) is 3.33. The molecule has 0 aliphatic rings. The largest absolute Gasteiger partial charge is 0.492 e. The third kappa shape index (κ3) is 9.36. The second-order valence-electron chi connectivity index (χ2n) is 8.30. The predicted octanol–water partition coefficient (Wildman–Crippen LogP) is 4.93. The lowest BCUT2D eigenvalue weighted by Gasteiger charge is -2.16. The van der Waals surface area contributed by atoms with Crippen molar-refractivity contribution in [2.75, 3.05) is 37.9 Å². The van der Waals surface area contributed by atoms with Crippen LogP contribution in [-0.4, -0.2) is 54.1 Å². The highest BCUT2D eigenvalue weighted by Gasteiger charge is 2.15. The van der Waals surface area contributed by atoms with E-state index in [1.807, 2.05) is 50.2 Å². The minimum Gasteiger partial charge on any atom is -0.492 e. The molecule has 200 valence electrons. The number of pyridine rings is 1. The fraction of sp³-hybridized carbons (Fsp3) is 0.200. The van der Waals surface area contributed by atoms with Crippen molar-refractivity contribution in [1.82, 2.24) is 9.88 Å². The molecule has 9 nitrogen and oxygen atoms in total. The van der Waals surface area contributed by atoms with Gasteiger partial charge in [0.25, 0.3) is 0 Å². The standard InChI is InChI=1S/C26H25N5O2.C4H6O2/c1-5-18-9-7-10-20(13-18)29-26-19(16-27)17-28-22-15-24(33-6-2)23(14-21(22)26)30-25(32)11-8-12-31(3)4;1-2-3-4(5)6/h1,7-11,13-15,17H,6,12H2,2-4H3,(H,28,29)(H,30,32);2-3H,1H3,(H,5,6)/b11-8+;3-2-. The summed E-state index contributed by atoms with van der Waals surface area (Å²) < 4.78 is 5.74. The van der Waals surface area contributed by atoms with E-state index < -0.39 is 5.97 Å². The number of allylic oxidation sites excluding steroid dienone is 1. The Kier molecular flexibility index (Phi) is 11.7. The average molecular weight is 526 g/mol. The van der Waals surface area contributed by atoms with E-state index in [0.717, 1.165) is 11.8 Å². The topological polar surface area (TPSA) is 128 Å². The van der Waals surface area contributed by atoms with Crippen LogP contribution in [0.15, 0.2) is 66.9 Å². The lowest BCUT2D eigenvalue weighted by atomic mass is 10.1. The molecule has 2 aromatic carbocycles. The smallest absolute Gasteiger partial charge is 0.327 e. The number of aromatic nitrogens is 1. The quantitative estimate of drug-likeness (QED) is 0.265. The van der Waals surface area contributed by atoms with E-state index in [-0.39, 0.29) is 5.91 Å². The highest BCUT2D eigenvalue weighted by molar-refractivity contribution is 6.04. The number of carboxylic acids is 1. The van der Waals surface area contributed by atoms with Gasteiger partial charge in [-0.05, 0) is 52.2 Å². The van der Waals surface area contributed by atoms with Gasteiger partial charge in [0.15, 0.2) is 0 Å². The summed E-state index contributed by atoms with van der Waals surface area (Å²) in [5.74, 6) is 1.93. The average Bonchev–Trinajstić information content (AvgIpc) is 2.89. The van der Waals surface area contributed by atoms with Gasteiger partial charge in [0.1, 0.15) is 11.8 Å². The number of anilines is 3. The van der Waals surface area contributed by atoms with Gasteiger partial charge in [0.2, 0.25) is 5.91 Å². The number of nitrogens with zero attached hydrogens (tertiary/aromatic N) is 3. The summed E-state index contributed by atoms with van der Waals surface area (Å²) in [6.45, 7) is 4.59. The molecule has 1 heterocycles. The van der Waals surface area contributed by atoms with Crippen LogP contribution in [0.2, 0.25) is 0 Å². The molecule has 0 unspecified atom stereocenters. The maximum Gasteiger partial charge on any atom is 0.327 e. The van der Waals surface area contributed by atoms with Gasteiger partial charge in [-0.3, -0.25) is 9.78 Å². The summed E-state index contributed by atoms with van der Waals surface area (Å²) in [5.41, 5.74) is 3.49. The SMILES string of the molecule is C#Cc1cccc(Nc2c(C#N)cnc3cc(OCC)c(NC(=O)/C=C/CN(C)C)cc23)c1.C/C=C\C(=O)O. The molecule has 0 radical (unpaired) electrons. The first-order chi connectivity index (χ1) is 18.7. The van der Waals surface area contributed by atoms with Crippen molar-refractivity contribution in [2.24, 2.45) is 0 Å². The zero-order valence-corrected chi connectivity index (χ0v) is 22.4. The maximum atomic E-state index is 12.5. The number of fused-ring (bicyclic) bond motifs is 1. The number of benzene rings is 2. The highest BCUT2D eigenvalue weighted by Crippen LogP contribution is 2.36. The number of carboxylic acid groups (broad SMARTS) is 1. The van der Waals surface area contributed by atoms with E-state index in [1.165, 1.54) is 18.3 Å². The molecule has 0 fully saturated rings. The summed E-state index contributed by atoms with van der Waals surface area (Å²) in [5, 5.41) is 24.3. The van der Waals surface area contributed by atoms with Gasteiger partial charge in [0, 0.05) is 47.6 Å². The molecule has 0 bridgehead atoms. The van der Waals surface area contributed by atoms with Crippen molar-refractivity contribution < 1.29 is 19.4 Å². The van der Waals surface area contributed by atoms with Crippen molar-refractivity contribution in [3.63, 3.8) is 0 Å². The van der Waals surface area contributed by atoms with Crippen molar-refractivity contribution in [3.05, 3.63) is 78.0 Å². The fourth-order valence-corrected chi connectivity index (χ4v) is 3.33. The van der Waals surface area contributed by atoms with Crippen LogP contribution in [0, 0.1) is 23.7 Å². The van der Waals surface area contributed by atoms with E-state index in [2.05, 4.69) is 27.6 Å². The van der Waals surface area contributed by atoms with E-state index in [4.69, 9.17) is 16.3 Å². The number of carbonyl (C=O) groups excluding carboxylic acids is 1. The number of aliphatic carboxylic acids is 1. The molecule has 0 aliphatic heterocycles. The number of carbonyl (C=O) groups is 2. The second-order valence-corrected chi connectivity index (χ2v) is 8.30. The van der Waals surface area contributed by atoms with Crippen LogP contribution in [0.5, 0.6) is 5.75 Å². The molecule has 0 saturated carbocycles. The van der Waals surface area contributed by atoms with Crippen LogP contribution < -0.4 is 15.4 Å². The van der Waals surface area contributed by atoms with Crippen LogP contribution in [0.4, 0.5) is 17.1 Å². The number of amides is 1. The number of nitrogens with one attached hydrogen (secondary N) is 2. The minimum absolute atomic E-state index is 0.280. The number of hydrogen-bond acceptors (Lipinski definition) is 7. The number of rotatable bonds is 9. The van der Waals surface area contributed by atoms with Gasteiger partial charge in [0.05, 0.1) is 29.1 Å². The third-order valence-electron chi connectivity index (χ3n) is 5.00. The van der Waals surface area contributed by atoms with Crippen molar-refractivity contribution in [3.8, 4) is 24.2 Å². The highest BCUT2D eigenvalue weighted by atomic mass is 16.5. The van der Waals surface area contributed by atoms with Crippen LogP contribution >= 0.6 is 0 Å². The Balaban J connectivity index is 0.000000798. The summed E-state index contributed by atoms with van der Waals surface area (Å²) in [4.78, 5) is 28.4. The molecular weight excluding hydrogens is 494 g/mol. The first kappa shape index (κ1) is 30.1. The Labute approximate surface area is 228 Å². The summed E-state index contributed by atoms with van der Waals surface area (Å²) in [6, 6.07) is 13.0. The van der Waals surface area contributed by atoms with Gasteiger partial charge in [-0.2, -0.15) is 5.26 Å². The summed E-state index contributed by atoms with van der Waals surface area (Å²) in [7, 11) is 3.85. The Bertz CT molecular complexity index is 1460. The van der Waals surface area contributed by atoms with E-state index >= 15 is 0 Å². The number of likely N-dealkylation sites (N-methyl/N-ethyl adjacent to an activating group) is 1. The van der Waals surface area contributed by atoms with Crippen molar-refractivity contribution >= 4 is 39.8 Å². The molecule has 3 rings (SSSR count). The number of hydrogen-bond donors (Lipinski definition) is 3. The maximum absolute atomic E-state index is 12.5. The van der Waals surface area contributed by atoms with Gasteiger partial charge in [-0.25, -0.2) is 4.79 Å². The first-order valence-electron chi connectivity index (χ1n) is 12.0. The van der Waals surface area contributed by atoms with E-state index in [1.54, 1.807) is 25.1 Å². The number of nitriles is 1. The lowest BCUT2D eigenvalue weighted by molar-refractivity contribution is -0.131. The zero-order chi connectivity index (χ0) is 28.8. The Morgan fingerprint density at radius 3 is 2.59 bits per heavy atom. The van der Waals surface area contributed by atoms with E-state index in [0.29, 0.717) is 52.3 Å². The molecule has 9 heteroatoms. The summed E-state index contributed by atoms with van der Waals surface area (Å²) >= 11 is 0. The van der Waals surface area contributed by atoms with Gasteiger partial charge >= 0.3 is 5.97 Å². The van der Waals surface area contributed by atoms with E-state index in [9.17, 15) is 14.9 Å². The van der Waals surface area contributed by atoms with Crippen LogP contribution in [0.1, 0.15) is 25.0 Å². The third-order valence-corrected chi connectivity index (χ3v) is 5.00. The van der Waals surface area contributed by atoms with Gasteiger partial charge in [-0.1, -0.05) is 24.1 Å². The number of terminal acetylenes is 1. The molecule has 1 amide bonds. The first-order valence-corrected chi connectivity index (χ1v) is 12.0. The molecule has 39 heavy (non-hydrogen) atoms. The van der Waals surface area contributed by atoms with Gasteiger partial charge < -0.3 is 25.4 Å². The molecule has 0 saturated heterocycles. The predicted molar refractivity (Wildman–Crippen MR) is 154 cm³/mol. The summed E-state index contributed by atoms with van der Waals surface area (Å²) in [6.07, 6.45) is 12.8. The lowest BCUT2D eigenvalue weighted by Crippen LogP contribution is -2.13. The minimum atomic E-state index is -0.891. The molecule has 3 aromatic rings. The van der Waals surface area contributed by atoms with Crippen LogP contribution in [0.25, 0.3) is 10.9 Å². The molecule has 1 aromatic heterocycles. The second kappa shape index (κ2) is 15.2. The Morgan fingerprint density at radius 2 is 2.00 bits per heavy atom. The molecule has 3 N–H and O–H groups in total. The molecule has 0 spiro atoms. The van der Waals surface area contributed by atoms with Crippen LogP contribution in [-0.2, 0) is 9.59 Å². The molecule has 0 aliphatic carbocycles. The Morgan fingerprint density at radius 1 is 1.23 bits per heavy atom.